The topological polar surface area (TPSA) is 69.6 Å². The van der Waals surface area contributed by atoms with Crippen LogP contribution in [0.4, 0.5) is 0 Å². The van der Waals surface area contributed by atoms with E-state index in [4.69, 9.17) is 0 Å². The molecular weight excluding hydrogens is 385 g/mol. The standard InChI is InChI=1S/C21H27NO3.2ClH/c1-2-3-10-18(21(24)25)15-22-19(16-11-6-4-7-12-16)20(23)17-13-8-5-9-14-17;;/h4-9,11-14,18-20,22-23H,2-3,10,15H2,1H3,(H,24,25);2*1H/t18?,19-,20+;;/m1../s1. The van der Waals surface area contributed by atoms with Crippen molar-refractivity contribution in [3.05, 3.63) is 71.8 Å². The van der Waals surface area contributed by atoms with Gasteiger partial charge in [-0.25, -0.2) is 0 Å². The molecule has 0 aromatic heterocycles. The Hall–Kier alpha value is -1.59. The maximum Gasteiger partial charge on any atom is 0.307 e. The predicted molar refractivity (Wildman–Crippen MR) is 114 cm³/mol. The second kappa shape index (κ2) is 13.6. The van der Waals surface area contributed by atoms with Crippen molar-refractivity contribution in [2.45, 2.75) is 38.3 Å². The van der Waals surface area contributed by atoms with Gasteiger partial charge in [0.05, 0.1) is 18.1 Å². The fourth-order valence-electron chi connectivity index (χ4n) is 2.95. The second-order valence-electron chi connectivity index (χ2n) is 6.33. The van der Waals surface area contributed by atoms with Gasteiger partial charge < -0.3 is 15.5 Å². The van der Waals surface area contributed by atoms with Crippen molar-refractivity contribution in [1.29, 1.82) is 0 Å². The Morgan fingerprint density at radius 3 is 1.96 bits per heavy atom. The van der Waals surface area contributed by atoms with Gasteiger partial charge in [0.1, 0.15) is 0 Å². The van der Waals surface area contributed by atoms with Crippen LogP contribution in [0.15, 0.2) is 60.7 Å². The van der Waals surface area contributed by atoms with Gasteiger partial charge in [-0.3, -0.25) is 4.79 Å². The van der Waals surface area contributed by atoms with Crippen LogP contribution in [0, 0.1) is 5.92 Å². The molecule has 0 saturated carbocycles. The van der Waals surface area contributed by atoms with Crippen LogP contribution >= 0.6 is 24.8 Å². The molecule has 150 valence electrons. The van der Waals surface area contributed by atoms with Gasteiger partial charge in [0, 0.05) is 6.54 Å². The van der Waals surface area contributed by atoms with Crippen LogP contribution in [0.5, 0.6) is 0 Å². The average Bonchev–Trinajstić information content (AvgIpc) is 2.65. The predicted octanol–water partition coefficient (Wildman–Crippen LogP) is 4.79. The van der Waals surface area contributed by atoms with E-state index in [9.17, 15) is 15.0 Å². The summed E-state index contributed by atoms with van der Waals surface area (Å²) < 4.78 is 0. The lowest BCUT2D eigenvalue weighted by atomic mass is 9.94. The summed E-state index contributed by atoms with van der Waals surface area (Å²) in [5.41, 5.74) is 1.75. The number of nitrogens with one attached hydrogen (secondary N) is 1. The minimum atomic E-state index is -0.790. The lowest BCUT2D eigenvalue weighted by molar-refractivity contribution is -0.142. The number of carboxylic acids is 1. The zero-order chi connectivity index (χ0) is 18.1. The minimum absolute atomic E-state index is 0. The highest BCUT2D eigenvalue weighted by Crippen LogP contribution is 2.29. The molecule has 0 aliphatic heterocycles. The smallest absolute Gasteiger partial charge is 0.307 e. The Kier molecular flexibility index (Phi) is 12.8. The Balaban J connectivity index is 0.00000338. The summed E-state index contributed by atoms with van der Waals surface area (Å²) in [6, 6.07) is 18.8. The van der Waals surface area contributed by atoms with Crippen molar-refractivity contribution < 1.29 is 15.0 Å². The molecule has 2 aromatic carbocycles. The average molecular weight is 414 g/mol. The van der Waals surface area contributed by atoms with Crippen LogP contribution < -0.4 is 5.32 Å². The van der Waals surface area contributed by atoms with Gasteiger partial charge in [0.2, 0.25) is 0 Å². The zero-order valence-corrected chi connectivity index (χ0v) is 17.1. The number of aliphatic carboxylic acids is 1. The molecule has 0 saturated heterocycles. The molecule has 0 radical (unpaired) electrons. The minimum Gasteiger partial charge on any atom is -0.481 e. The molecule has 0 bridgehead atoms. The van der Waals surface area contributed by atoms with Crippen molar-refractivity contribution in [2.75, 3.05) is 6.54 Å². The van der Waals surface area contributed by atoms with E-state index in [0.29, 0.717) is 13.0 Å². The lowest BCUT2D eigenvalue weighted by Gasteiger charge is -2.26. The van der Waals surface area contributed by atoms with E-state index in [2.05, 4.69) is 12.2 Å². The van der Waals surface area contributed by atoms with Gasteiger partial charge >= 0.3 is 5.97 Å². The van der Waals surface area contributed by atoms with E-state index in [1.54, 1.807) is 0 Å². The van der Waals surface area contributed by atoms with Crippen LogP contribution in [0.1, 0.15) is 49.5 Å². The van der Waals surface area contributed by atoms with Crippen LogP contribution in [0.25, 0.3) is 0 Å². The number of aliphatic hydroxyl groups excluding tert-OH is 1. The number of hydrogen-bond donors (Lipinski definition) is 3. The third-order valence-electron chi connectivity index (χ3n) is 4.46. The van der Waals surface area contributed by atoms with E-state index in [-0.39, 0.29) is 30.9 Å². The molecule has 0 spiro atoms. The van der Waals surface area contributed by atoms with Crippen molar-refractivity contribution in [1.82, 2.24) is 5.32 Å². The third kappa shape index (κ3) is 7.89. The molecular formula is C21H29Cl2NO3. The second-order valence-corrected chi connectivity index (χ2v) is 6.33. The van der Waals surface area contributed by atoms with Crippen LogP contribution in [0.3, 0.4) is 0 Å². The maximum atomic E-state index is 11.5. The third-order valence-corrected chi connectivity index (χ3v) is 4.46. The molecule has 2 rings (SSSR count). The van der Waals surface area contributed by atoms with Gasteiger partial charge in [0.25, 0.3) is 0 Å². The summed E-state index contributed by atoms with van der Waals surface area (Å²) in [7, 11) is 0. The van der Waals surface area contributed by atoms with Crippen LogP contribution in [-0.4, -0.2) is 22.7 Å². The summed E-state index contributed by atoms with van der Waals surface area (Å²) in [4.78, 5) is 11.5. The van der Waals surface area contributed by atoms with Crippen molar-refractivity contribution >= 4 is 30.8 Å². The first-order chi connectivity index (χ1) is 12.1. The van der Waals surface area contributed by atoms with E-state index < -0.39 is 18.0 Å². The number of halogens is 2. The fourth-order valence-corrected chi connectivity index (χ4v) is 2.95. The maximum absolute atomic E-state index is 11.5. The Morgan fingerprint density at radius 2 is 1.48 bits per heavy atom. The van der Waals surface area contributed by atoms with E-state index in [1.165, 1.54) is 0 Å². The summed E-state index contributed by atoms with van der Waals surface area (Å²) >= 11 is 0. The molecule has 1 unspecified atom stereocenters. The highest BCUT2D eigenvalue weighted by atomic mass is 35.5. The molecule has 0 fully saturated rings. The molecule has 3 atom stereocenters. The Bertz CT molecular complexity index is 640. The largest absolute Gasteiger partial charge is 0.481 e. The van der Waals surface area contributed by atoms with Crippen molar-refractivity contribution in [2.24, 2.45) is 5.92 Å². The first-order valence-electron chi connectivity index (χ1n) is 8.87. The molecule has 3 N–H and O–H groups in total. The van der Waals surface area contributed by atoms with Crippen LogP contribution in [0.2, 0.25) is 0 Å². The molecule has 6 heteroatoms. The lowest BCUT2D eigenvalue weighted by Crippen LogP contribution is -2.34. The SMILES string of the molecule is CCCCC(CN[C@H](c1ccccc1)[C@@H](O)c1ccccc1)C(=O)O.Cl.Cl. The normalized spacial score (nSPS) is 13.6. The fraction of sp³-hybridized carbons (Fsp3) is 0.381. The first-order valence-corrected chi connectivity index (χ1v) is 8.87. The van der Waals surface area contributed by atoms with Gasteiger partial charge in [-0.1, -0.05) is 80.4 Å². The molecule has 4 nitrogen and oxygen atoms in total. The monoisotopic (exact) mass is 413 g/mol. The zero-order valence-electron chi connectivity index (χ0n) is 15.5. The number of unbranched alkanes of at least 4 members (excludes halogenated alkanes) is 1. The van der Waals surface area contributed by atoms with E-state index in [0.717, 1.165) is 24.0 Å². The molecule has 0 amide bonds. The number of aliphatic hydroxyl groups is 1. The molecule has 2 aromatic rings. The molecule has 27 heavy (non-hydrogen) atoms. The molecule has 0 aliphatic rings. The number of carboxylic acid groups (broad SMARTS) is 1. The number of benzene rings is 2. The van der Waals surface area contributed by atoms with Crippen molar-refractivity contribution in [3.8, 4) is 0 Å². The highest BCUT2D eigenvalue weighted by Gasteiger charge is 2.25. The van der Waals surface area contributed by atoms with Gasteiger partial charge in [-0.2, -0.15) is 0 Å². The molecule has 0 aliphatic carbocycles. The number of rotatable bonds is 10. The number of hydrogen-bond acceptors (Lipinski definition) is 3. The van der Waals surface area contributed by atoms with Crippen LogP contribution in [-0.2, 0) is 4.79 Å². The van der Waals surface area contributed by atoms with Crippen molar-refractivity contribution in [3.63, 3.8) is 0 Å². The summed E-state index contributed by atoms with van der Waals surface area (Å²) in [5.74, 6) is -1.24. The summed E-state index contributed by atoms with van der Waals surface area (Å²) in [5, 5.41) is 23.6. The summed E-state index contributed by atoms with van der Waals surface area (Å²) in [6.45, 7) is 2.39. The Labute approximate surface area is 173 Å². The van der Waals surface area contributed by atoms with Gasteiger partial charge in [-0.15, -0.1) is 24.8 Å². The quantitative estimate of drug-likeness (QED) is 0.523. The summed E-state index contributed by atoms with van der Waals surface area (Å²) in [6.07, 6.45) is 1.75. The van der Waals surface area contributed by atoms with Gasteiger partial charge in [-0.05, 0) is 17.5 Å². The number of carbonyl (C=O) groups is 1. The first kappa shape index (κ1) is 25.4. The van der Waals surface area contributed by atoms with Gasteiger partial charge in [0.15, 0.2) is 0 Å². The highest BCUT2D eigenvalue weighted by molar-refractivity contribution is 5.85. The Morgan fingerprint density at radius 1 is 0.963 bits per heavy atom. The van der Waals surface area contributed by atoms with E-state index in [1.807, 2.05) is 60.7 Å². The molecule has 0 heterocycles. The van der Waals surface area contributed by atoms with E-state index >= 15 is 0 Å².